The van der Waals surface area contributed by atoms with Gasteiger partial charge in [0.25, 0.3) is 10.0 Å². The highest BCUT2D eigenvalue weighted by molar-refractivity contribution is 9.10. The summed E-state index contributed by atoms with van der Waals surface area (Å²) in [6.07, 6.45) is 0. The minimum Gasteiger partial charge on any atom is -0.398 e. The number of aryl methyl sites for hydroxylation is 2. The molecule has 21 heavy (non-hydrogen) atoms. The van der Waals surface area contributed by atoms with Crippen LogP contribution in [-0.2, 0) is 10.0 Å². The van der Waals surface area contributed by atoms with E-state index in [1.54, 1.807) is 6.07 Å². The summed E-state index contributed by atoms with van der Waals surface area (Å²) in [5.41, 5.74) is 7.99. The van der Waals surface area contributed by atoms with E-state index in [1.165, 1.54) is 12.1 Å². The highest BCUT2D eigenvalue weighted by atomic mass is 79.9. The molecule has 4 nitrogen and oxygen atoms in total. The van der Waals surface area contributed by atoms with Crippen LogP contribution in [0.1, 0.15) is 11.1 Å². The third kappa shape index (κ3) is 3.33. The molecule has 0 radical (unpaired) electrons. The maximum Gasteiger partial charge on any atom is 0.265 e. The topological polar surface area (TPSA) is 72.2 Å². The fraction of sp³-hybridized carbons (Fsp3) is 0.143. The van der Waals surface area contributed by atoms with Gasteiger partial charge in [0.1, 0.15) is 4.90 Å². The molecule has 0 amide bonds. The van der Waals surface area contributed by atoms with Crippen LogP contribution in [0.3, 0.4) is 0 Å². The van der Waals surface area contributed by atoms with E-state index in [2.05, 4.69) is 20.7 Å². The monoisotopic (exact) mass is 388 g/mol. The summed E-state index contributed by atoms with van der Waals surface area (Å²) >= 11 is 9.35. The molecule has 0 aliphatic carbocycles. The number of rotatable bonds is 3. The lowest BCUT2D eigenvalue weighted by molar-refractivity contribution is 0.601. The van der Waals surface area contributed by atoms with Gasteiger partial charge in [0.05, 0.1) is 16.4 Å². The van der Waals surface area contributed by atoms with Crippen molar-refractivity contribution in [2.24, 2.45) is 0 Å². The van der Waals surface area contributed by atoms with Crippen molar-refractivity contribution in [1.82, 2.24) is 0 Å². The normalized spacial score (nSPS) is 11.4. The largest absolute Gasteiger partial charge is 0.398 e. The van der Waals surface area contributed by atoms with Gasteiger partial charge in [-0.05, 0) is 49.2 Å². The van der Waals surface area contributed by atoms with Crippen LogP contribution in [0.15, 0.2) is 39.7 Å². The number of halogens is 2. The Bertz CT molecular complexity index is 763. The molecule has 2 aromatic carbocycles. The van der Waals surface area contributed by atoms with E-state index >= 15 is 0 Å². The molecule has 0 fully saturated rings. The second-order valence-corrected chi connectivity index (χ2v) is 7.62. The first-order chi connectivity index (χ1) is 9.72. The first-order valence-corrected chi connectivity index (χ1v) is 8.71. The first kappa shape index (κ1) is 16.1. The number of sulfonamides is 1. The van der Waals surface area contributed by atoms with Gasteiger partial charge in [-0.15, -0.1) is 0 Å². The van der Waals surface area contributed by atoms with Gasteiger partial charge in [-0.1, -0.05) is 33.6 Å². The second-order valence-electron chi connectivity index (χ2n) is 4.68. The quantitative estimate of drug-likeness (QED) is 0.776. The number of hydrogen-bond donors (Lipinski definition) is 2. The minimum absolute atomic E-state index is 0.0925. The van der Waals surface area contributed by atoms with Crippen molar-refractivity contribution in [2.45, 2.75) is 18.7 Å². The van der Waals surface area contributed by atoms with Crippen molar-refractivity contribution in [3.8, 4) is 0 Å². The number of nitrogen functional groups attached to an aromatic ring is 1. The average Bonchev–Trinajstić information content (AvgIpc) is 2.33. The van der Waals surface area contributed by atoms with Crippen molar-refractivity contribution in [2.75, 3.05) is 10.5 Å². The predicted molar refractivity (Wildman–Crippen MR) is 90.3 cm³/mol. The number of nitrogens with two attached hydrogens (primary N) is 1. The van der Waals surface area contributed by atoms with E-state index < -0.39 is 10.0 Å². The van der Waals surface area contributed by atoms with Gasteiger partial charge in [0, 0.05) is 4.47 Å². The zero-order chi connectivity index (χ0) is 15.8. The molecule has 0 atom stereocenters. The maximum atomic E-state index is 12.5. The van der Waals surface area contributed by atoms with Crippen molar-refractivity contribution in [3.05, 3.63) is 51.0 Å². The van der Waals surface area contributed by atoms with Crippen LogP contribution < -0.4 is 10.5 Å². The van der Waals surface area contributed by atoms with E-state index in [4.69, 9.17) is 17.3 Å². The average molecular weight is 390 g/mol. The lowest BCUT2D eigenvalue weighted by Crippen LogP contribution is -2.16. The van der Waals surface area contributed by atoms with E-state index in [0.717, 1.165) is 15.6 Å². The Balaban J connectivity index is 2.53. The van der Waals surface area contributed by atoms with Crippen LogP contribution in [-0.4, -0.2) is 8.42 Å². The number of nitrogens with one attached hydrogen (secondary N) is 1. The summed E-state index contributed by atoms with van der Waals surface area (Å²) < 4.78 is 28.5. The van der Waals surface area contributed by atoms with Crippen LogP contribution in [0.2, 0.25) is 5.02 Å². The van der Waals surface area contributed by atoms with Crippen LogP contribution in [0, 0.1) is 13.8 Å². The number of benzene rings is 2. The molecule has 0 bridgehead atoms. The molecule has 0 saturated carbocycles. The highest BCUT2D eigenvalue weighted by Crippen LogP contribution is 2.32. The van der Waals surface area contributed by atoms with Gasteiger partial charge < -0.3 is 5.73 Å². The van der Waals surface area contributed by atoms with Gasteiger partial charge in [-0.25, -0.2) is 8.42 Å². The number of anilines is 2. The summed E-state index contributed by atoms with van der Waals surface area (Å²) in [7, 11) is -3.85. The van der Waals surface area contributed by atoms with Crippen LogP contribution in [0.5, 0.6) is 0 Å². The zero-order valence-corrected chi connectivity index (χ0v) is 14.6. The van der Waals surface area contributed by atoms with Gasteiger partial charge in [0.2, 0.25) is 0 Å². The van der Waals surface area contributed by atoms with Gasteiger partial charge in [-0.3, -0.25) is 4.72 Å². The summed E-state index contributed by atoms with van der Waals surface area (Å²) in [4.78, 5) is -0.103. The molecule has 2 rings (SSSR count). The van der Waals surface area contributed by atoms with Gasteiger partial charge in [0.15, 0.2) is 0 Å². The van der Waals surface area contributed by atoms with E-state index in [0.29, 0.717) is 5.69 Å². The van der Waals surface area contributed by atoms with Gasteiger partial charge in [-0.2, -0.15) is 0 Å². The maximum absolute atomic E-state index is 12.5. The van der Waals surface area contributed by atoms with Crippen LogP contribution >= 0.6 is 27.5 Å². The molecule has 0 spiro atoms. The fourth-order valence-corrected chi connectivity index (χ4v) is 4.64. The SMILES string of the molecule is Cc1cc(Br)cc(C)c1NS(=O)(=O)c1c(N)cccc1Cl. The summed E-state index contributed by atoms with van der Waals surface area (Å²) in [6, 6.07) is 8.27. The Kier molecular flexibility index (Phi) is 4.51. The molecule has 3 N–H and O–H groups in total. The van der Waals surface area contributed by atoms with Crippen molar-refractivity contribution < 1.29 is 8.42 Å². The number of hydrogen-bond acceptors (Lipinski definition) is 3. The van der Waals surface area contributed by atoms with Crippen molar-refractivity contribution in [3.63, 3.8) is 0 Å². The first-order valence-electron chi connectivity index (χ1n) is 6.06. The lowest BCUT2D eigenvalue weighted by Gasteiger charge is -2.15. The third-order valence-electron chi connectivity index (χ3n) is 3.00. The predicted octanol–water partition coefficient (Wildman–Crippen LogP) is 4.10. The molecule has 112 valence electrons. The van der Waals surface area contributed by atoms with E-state index in [-0.39, 0.29) is 15.6 Å². The van der Waals surface area contributed by atoms with Gasteiger partial charge >= 0.3 is 0 Å². The molecule has 0 unspecified atom stereocenters. The lowest BCUT2D eigenvalue weighted by atomic mass is 10.1. The standard InChI is InChI=1S/C14H14BrClN2O2S/c1-8-6-10(15)7-9(2)13(8)18-21(19,20)14-11(16)4-3-5-12(14)17/h3-7,18H,17H2,1-2H3. The summed E-state index contributed by atoms with van der Waals surface area (Å²) in [5, 5.41) is 0.0925. The summed E-state index contributed by atoms with van der Waals surface area (Å²) in [6.45, 7) is 3.65. The molecule has 7 heteroatoms. The highest BCUT2D eigenvalue weighted by Gasteiger charge is 2.22. The Hall–Kier alpha value is -1.24. The van der Waals surface area contributed by atoms with Crippen LogP contribution in [0.25, 0.3) is 0 Å². The zero-order valence-electron chi connectivity index (χ0n) is 11.4. The molecular formula is C14H14BrClN2O2S. The van der Waals surface area contributed by atoms with Crippen molar-refractivity contribution in [1.29, 1.82) is 0 Å². The molecule has 0 aliphatic heterocycles. The van der Waals surface area contributed by atoms with E-state index in [9.17, 15) is 8.42 Å². The molecule has 0 saturated heterocycles. The Morgan fingerprint density at radius 1 is 1.19 bits per heavy atom. The molecular weight excluding hydrogens is 376 g/mol. The third-order valence-corrected chi connectivity index (χ3v) is 5.35. The molecule has 2 aromatic rings. The van der Waals surface area contributed by atoms with E-state index in [1.807, 2.05) is 26.0 Å². The molecule has 0 heterocycles. The molecule has 0 aliphatic rings. The fourth-order valence-electron chi connectivity index (χ4n) is 2.07. The smallest absolute Gasteiger partial charge is 0.265 e. The van der Waals surface area contributed by atoms with Crippen molar-refractivity contribution >= 4 is 48.9 Å². The Morgan fingerprint density at radius 3 is 2.29 bits per heavy atom. The van der Waals surface area contributed by atoms with Crippen LogP contribution in [0.4, 0.5) is 11.4 Å². The Morgan fingerprint density at radius 2 is 1.76 bits per heavy atom. The molecule has 0 aromatic heterocycles. The summed E-state index contributed by atoms with van der Waals surface area (Å²) in [5.74, 6) is 0. The second kappa shape index (κ2) is 5.87. The minimum atomic E-state index is -3.85. The Labute approximate surface area is 137 Å².